The van der Waals surface area contributed by atoms with Crippen LogP contribution in [-0.4, -0.2) is 87.2 Å². The molecule has 216 valence electrons. The average Bonchev–Trinajstić information content (AvgIpc) is 2.83. The lowest BCUT2D eigenvalue weighted by Gasteiger charge is -2.44. The normalized spacial score (nSPS) is 24.2. The standard InChI is InChI=1S/C23H29NO12S3/c1-37(26,27)33-15-18-20(35-38(2,28)29)21(36-39(3,30)31)19(24-22(25)17-12-8-5-9-13-17)23(34-18)32-14-16-10-6-4-7-11-16/h4-13,18-21,23H,14-15H2,1-3H3,(H,24,25)/t18?,19?,20-,21-,23-/m1/s1. The van der Waals surface area contributed by atoms with Crippen molar-refractivity contribution in [1.29, 1.82) is 0 Å². The summed E-state index contributed by atoms with van der Waals surface area (Å²) in [6.45, 7) is -0.848. The number of nitrogens with one attached hydrogen (secondary N) is 1. The molecule has 2 unspecified atom stereocenters. The first-order valence-electron chi connectivity index (χ1n) is 11.4. The Bertz CT molecular complexity index is 1430. The van der Waals surface area contributed by atoms with Crippen molar-refractivity contribution in [2.75, 3.05) is 25.4 Å². The molecular weight excluding hydrogens is 578 g/mol. The summed E-state index contributed by atoms with van der Waals surface area (Å²) in [6.07, 6.45) is -4.31. The Kier molecular flexibility index (Phi) is 10.2. The average molecular weight is 608 g/mol. The van der Waals surface area contributed by atoms with Gasteiger partial charge >= 0.3 is 0 Å². The number of hydrogen-bond donors (Lipinski definition) is 1. The predicted octanol–water partition coefficient (Wildman–Crippen LogP) is 0.393. The molecule has 1 aliphatic heterocycles. The monoisotopic (exact) mass is 607 g/mol. The molecule has 0 radical (unpaired) electrons. The van der Waals surface area contributed by atoms with E-state index in [1.165, 1.54) is 12.1 Å². The molecular formula is C23H29NO12S3. The van der Waals surface area contributed by atoms with Gasteiger partial charge in [-0.15, -0.1) is 0 Å². The van der Waals surface area contributed by atoms with Gasteiger partial charge in [0.1, 0.15) is 24.4 Å². The number of ether oxygens (including phenoxy) is 2. The summed E-state index contributed by atoms with van der Waals surface area (Å²) in [4.78, 5) is 13.1. The first-order chi connectivity index (χ1) is 18.1. The van der Waals surface area contributed by atoms with Gasteiger partial charge in [0.15, 0.2) is 6.29 Å². The van der Waals surface area contributed by atoms with Crippen molar-refractivity contribution in [3.05, 3.63) is 71.8 Å². The van der Waals surface area contributed by atoms with Gasteiger partial charge < -0.3 is 14.8 Å². The van der Waals surface area contributed by atoms with Crippen LogP contribution >= 0.6 is 0 Å². The first kappa shape index (κ1) is 31.1. The maximum absolute atomic E-state index is 13.1. The Morgan fingerprint density at radius 2 is 1.33 bits per heavy atom. The summed E-state index contributed by atoms with van der Waals surface area (Å²) in [7, 11) is -12.6. The third kappa shape index (κ3) is 10.2. The maximum atomic E-state index is 13.1. The number of carbonyl (C=O) groups excluding carboxylic acids is 1. The zero-order valence-corrected chi connectivity index (χ0v) is 23.6. The molecule has 0 spiro atoms. The van der Waals surface area contributed by atoms with Crippen molar-refractivity contribution in [2.24, 2.45) is 0 Å². The number of amides is 1. The first-order valence-corrected chi connectivity index (χ1v) is 16.8. The molecule has 1 saturated heterocycles. The lowest BCUT2D eigenvalue weighted by molar-refractivity contribution is -0.261. The van der Waals surface area contributed by atoms with E-state index in [2.05, 4.69) is 5.32 Å². The molecule has 13 nitrogen and oxygen atoms in total. The quantitative estimate of drug-likeness (QED) is 0.329. The van der Waals surface area contributed by atoms with Crippen molar-refractivity contribution < 1.29 is 52.1 Å². The zero-order valence-electron chi connectivity index (χ0n) is 21.2. The van der Waals surface area contributed by atoms with Crippen LogP contribution < -0.4 is 5.32 Å². The Balaban J connectivity index is 2.05. The molecule has 1 amide bonds. The Morgan fingerprint density at radius 1 is 0.795 bits per heavy atom. The molecule has 16 heteroatoms. The summed E-state index contributed by atoms with van der Waals surface area (Å²) in [5.74, 6) is -0.677. The second kappa shape index (κ2) is 12.8. The van der Waals surface area contributed by atoms with E-state index < -0.39 is 73.5 Å². The molecule has 3 rings (SSSR count). The second-order valence-corrected chi connectivity index (χ2v) is 13.6. The highest BCUT2D eigenvalue weighted by Crippen LogP contribution is 2.30. The molecule has 0 saturated carbocycles. The van der Waals surface area contributed by atoms with Gasteiger partial charge in [-0.3, -0.25) is 17.3 Å². The van der Waals surface area contributed by atoms with E-state index in [4.69, 9.17) is 22.0 Å². The highest BCUT2D eigenvalue weighted by molar-refractivity contribution is 7.86. The van der Waals surface area contributed by atoms with Crippen molar-refractivity contribution >= 4 is 36.3 Å². The molecule has 1 aliphatic rings. The number of rotatable bonds is 12. The van der Waals surface area contributed by atoms with Gasteiger partial charge in [-0.05, 0) is 17.7 Å². The van der Waals surface area contributed by atoms with Crippen LogP contribution in [0.1, 0.15) is 15.9 Å². The molecule has 2 aromatic carbocycles. The second-order valence-electron chi connectivity index (χ2n) is 8.72. The third-order valence-corrected chi connectivity index (χ3v) is 6.96. The number of benzene rings is 2. The summed E-state index contributed by atoms with van der Waals surface area (Å²) in [6, 6.07) is 15.2. The van der Waals surface area contributed by atoms with Gasteiger partial charge in [-0.25, -0.2) is 0 Å². The Labute approximate surface area is 227 Å². The van der Waals surface area contributed by atoms with E-state index in [0.29, 0.717) is 11.8 Å². The summed E-state index contributed by atoms with van der Waals surface area (Å²) < 4.78 is 99.1. The van der Waals surface area contributed by atoms with Crippen LogP contribution in [-0.2, 0) is 59.0 Å². The molecule has 0 aromatic heterocycles. The Hall–Kier alpha value is -2.44. The van der Waals surface area contributed by atoms with Crippen molar-refractivity contribution in [3.8, 4) is 0 Å². The van der Waals surface area contributed by atoms with Gasteiger partial charge in [-0.1, -0.05) is 48.5 Å². The largest absolute Gasteiger partial charge is 0.346 e. The topological polar surface area (TPSA) is 178 Å². The highest BCUT2D eigenvalue weighted by atomic mass is 32.2. The van der Waals surface area contributed by atoms with E-state index in [0.717, 1.165) is 12.5 Å². The highest BCUT2D eigenvalue weighted by Gasteiger charge is 2.52. The van der Waals surface area contributed by atoms with Crippen LogP contribution in [0.25, 0.3) is 0 Å². The fourth-order valence-electron chi connectivity index (χ4n) is 3.73. The molecule has 0 bridgehead atoms. The van der Waals surface area contributed by atoms with Crippen LogP contribution in [0.5, 0.6) is 0 Å². The van der Waals surface area contributed by atoms with E-state index >= 15 is 0 Å². The maximum Gasteiger partial charge on any atom is 0.264 e. The number of carbonyl (C=O) groups is 1. The van der Waals surface area contributed by atoms with Crippen LogP contribution in [0, 0.1) is 0 Å². The van der Waals surface area contributed by atoms with Gasteiger partial charge in [-0.2, -0.15) is 25.3 Å². The van der Waals surface area contributed by atoms with Crippen molar-refractivity contribution in [2.45, 2.75) is 37.3 Å². The zero-order chi connectivity index (χ0) is 28.8. The van der Waals surface area contributed by atoms with Crippen molar-refractivity contribution in [3.63, 3.8) is 0 Å². The fourth-order valence-corrected chi connectivity index (χ4v) is 5.39. The molecule has 1 fully saturated rings. The van der Waals surface area contributed by atoms with Gasteiger partial charge in [0, 0.05) is 5.56 Å². The lowest BCUT2D eigenvalue weighted by Crippen LogP contribution is -2.66. The minimum absolute atomic E-state index is 0.0773. The number of hydrogen-bond acceptors (Lipinski definition) is 12. The minimum Gasteiger partial charge on any atom is -0.346 e. The third-order valence-electron chi connectivity index (χ3n) is 5.26. The van der Waals surface area contributed by atoms with Crippen LogP contribution in [0.3, 0.4) is 0 Å². The molecule has 5 atom stereocenters. The minimum atomic E-state index is -4.30. The van der Waals surface area contributed by atoms with Crippen molar-refractivity contribution in [1.82, 2.24) is 5.32 Å². The van der Waals surface area contributed by atoms with Gasteiger partial charge in [0.25, 0.3) is 36.3 Å². The van der Waals surface area contributed by atoms with Gasteiger partial charge in [0.05, 0.1) is 32.0 Å². The van der Waals surface area contributed by atoms with Crippen LogP contribution in [0.4, 0.5) is 0 Å². The van der Waals surface area contributed by atoms with E-state index in [1.54, 1.807) is 48.5 Å². The van der Waals surface area contributed by atoms with E-state index in [1.807, 2.05) is 0 Å². The van der Waals surface area contributed by atoms with Crippen LogP contribution in [0.2, 0.25) is 0 Å². The van der Waals surface area contributed by atoms with E-state index in [-0.39, 0.29) is 12.2 Å². The Morgan fingerprint density at radius 3 is 1.87 bits per heavy atom. The summed E-state index contributed by atoms with van der Waals surface area (Å²) in [5.41, 5.74) is 0.883. The van der Waals surface area contributed by atoms with E-state index in [9.17, 15) is 30.0 Å². The van der Waals surface area contributed by atoms with Crippen LogP contribution in [0.15, 0.2) is 60.7 Å². The summed E-state index contributed by atoms with van der Waals surface area (Å²) >= 11 is 0. The lowest BCUT2D eigenvalue weighted by atomic mass is 9.96. The SMILES string of the molecule is CS(=O)(=O)OCC1O[C@@H](OCc2ccccc2)C(NC(=O)c2ccccc2)[C@@H](OS(C)(=O)=O)[C@@H]1OS(C)(=O)=O. The summed E-state index contributed by atoms with van der Waals surface area (Å²) in [5, 5.41) is 2.59. The molecule has 0 aliphatic carbocycles. The predicted molar refractivity (Wildman–Crippen MR) is 138 cm³/mol. The molecule has 1 heterocycles. The van der Waals surface area contributed by atoms with Gasteiger partial charge in [0.2, 0.25) is 0 Å². The fraction of sp³-hybridized carbons (Fsp3) is 0.435. The smallest absolute Gasteiger partial charge is 0.264 e. The molecule has 39 heavy (non-hydrogen) atoms. The molecule has 1 N–H and O–H groups in total. The molecule has 2 aromatic rings.